The lowest BCUT2D eigenvalue weighted by atomic mass is 10.1. The van der Waals surface area contributed by atoms with Crippen LogP contribution in [0, 0.1) is 6.92 Å². The van der Waals surface area contributed by atoms with Crippen LogP contribution in [-0.4, -0.2) is 11.3 Å². The molecule has 24 heavy (non-hydrogen) atoms. The Morgan fingerprint density at radius 1 is 1.00 bits per heavy atom. The molecular weight excluding hydrogens is 298 g/mol. The van der Waals surface area contributed by atoms with Gasteiger partial charge in [-0.1, -0.05) is 48.5 Å². The van der Waals surface area contributed by atoms with E-state index in [9.17, 15) is 4.79 Å². The van der Waals surface area contributed by atoms with E-state index in [1.807, 2.05) is 49.4 Å². The lowest BCUT2D eigenvalue weighted by Crippen LogP contribution is -1.93. The van der Waals surface area contributed by atoms with E-state index >= 15 is 0 Å². The standard InChI is InChI=1S/C21H19NO2/c1-16-20(22-21(24-16)19-7-3-2-4-8-19)14-13-18-11-9-17(10-12-18)6-5-15-23/h2-12,15H,13-14H2,1H3. The second kappa shape index (κ2) is 7.55. The average molecular weight is 317 g/mol. The maximum atomic E-state index is 10.3. The Balaban J connectivity index is 1.67. The van der Waals surface area contributed by atoms with Crippen molar-refractivity contribution in [3.63, 3.8) is 0 Å². The van der Waals surface area contributed by atoms with E-state index in [4.69, 9.17) is 4.42 Å². The fraction of sp³-hybridized carbons (Fsp3) is 0.143. The highest BCUT2D eigenvalue weighted by molar-refractivity contribution is 5.73. The molecule has 0 spiro atoms. The van der Waals surface area contributed by atoms with Crippen LogP contribution < -0.4 is 0 Å². The third-order valence-electron chi connectivity index (χ3n) is 3.91. The quantitative estimate of drug-likeness (QED) is 0.491. The summed E-state index contributed by atoms with van der Waals surface area (Å²) in [5.41, 5.74) is 4.26. The van der Waals surface area contributed by atoms with E-state index in [-0.39, 0.29) is 0 Å². The highest BCUT2D eigenvalue weighted by Gasteiger charge is 2.11. The average Bonchev–Trinajstić information content (AvgIpc) is 3.01. The summed E-state index contributed by atoms with van der Waals surface area (Å²) in [5, 5.41) is 0. The number of benzene rings is 2. The van der Waals surface area contributed by atoms with Gasteiger partial charge < -0.3 is 4.42 Å². The van der Waals surface area contributed by atoms with Crippen LogP contribution in [0.25, 0.3) is 17.5 Å². The maximum Gasteiger partial charge on any atom is 0.226 e. The Morgan fingerprint density at radius 2 is 1.75 bits per heavy atom. The predicted octanol–water partition coefficient (Wildman–Crippen LogP) is 4.65. The summed E-state index contributed by atoms with van der Waals surface area (Å²) in [5.74, 6) is 1.55. The minimum atomic E-state index is 0.678. The third kappa shape index (κ3) is 3.87. The maximum absolute atomic E-state index is 10.3. The smallest absolute Gasteiger partial charge is 0.226 e. The monoisotopic (exact) mass is 317 g/mol. The van der Waals surface area contributed by atoms with Gasteiger partial charge in [-0.25, -0.2) is 4.98 Å². The highest BCUT2D eigenvalue weighted by Crippen LogP contribution is 2.22. The molecule has 0 amide bonds. The van der Waals surface area contributed by atoms with Crippen molar-refractivity contribution in [3.05, 3.63) is 83.3 Å². The first-order valence-corrected chi connectivity index (χ1v) is 7.99. The number of rotatable bonds is 6. The highest BCUT2D eigenvalue weighted by atomic mass is 16.4. The molecule has 2 aromatic carbocycles. The normalized spacial score (nSPS) is 11.0. The topological polar surface area (TPSA) is 43.1 Å². The molecule has 0 saturated heterocycles. The van der Waals surface area contributed by atoms with Crippen molar-refractivity contribution in [2.75, 3.05) is 0 Å². The van der Waals surface area contributed by atoms with Gasteiger partial charge in [-0.3, -0.25) is 4.79 Å². The minimum Gasteiger partial charge on any atom is -0.441 e. The van der Waals surface area contributed by atoms with E-state index in [2.05, 4.69) is 17.1 Å². The van der Waals surface area contributed by atoms with Crippen LogP contribution in [0.15, 0.2) is 65.1 Å². The van der Waals surface area contributed by atoms with Crippen molar-refractivity contribution in [2.24, 2.45) is 0 Å². The number of aromatic nitrogens is 1. The van der Waals surface area contributed by atoms with E-state index in [1.54, 1.807) is 6.08 Å². The number of oxazole rings is 1. The fourth-order valence-electron chi connectivity index (χ4n) is 2.57. The molecule has 120 valence electrons. The van der Waals surface area contributed by atoms with E-state index in [1.165, 1.54) is 11.6 Å². The van der Waals surface area contributed by atoms with Gasteiger partial charge in [0.15, 0.2) is 0 Å². The number of carbonyl (C=O) groups excluding carboxylic acids is 1. The molecule has 0 saturated carbocycles. The Kier molecular flexibility index (Phi) is 5.02. The Bertz CT molecular complexity index is 830. The molecule has 0 aliphatic rings. The number of aldehydes is 1. The lowest BCUT2D eigenvalue weighted by molar-refractivity contribution is -0.104. The molecule has 0 aliphatic heterocycles. The van der Waals surface area contributed by atoms with Crippen LogP contribution in [0.2, 0.25) is 0 Å². The summed E-state index contributed by atoms with van der Waals surface area (Å²) in [7, 11) is 0. The van der Waals surface area contributed by atoms with Crippen molar-refractivity contribution in [3.8, 4) is 11.5 Å². The molecule has 3 heteroatoms. The second-order valence-electron chi connectivity index (χ2n) is 5.62. The predicted molar refractivity (Wildman–Crippen MR) is 95.6 cm³/mol. The number of hydrogen-bond acceptors (Lipinski definition) is 3. The molecule has 0 aliphatic carbocycles. The zero-order valence-corrected chi connectivity index (χ0v) is 13.6. The zero-order chi connectivity index (χ0) is 16.8. The lowest BCUT2D eigenvalue weighted by Gasteiger charge is -2.01. The summed E-state index contributed by atoms with van der Waals surface area (Å²) in [6.45, 7) is 1.96. The Hall–Kier alpha value is -2.94. The number of nitrogens with zero attached hydrogens (tertiary/aromatic N) is 1. The molecule has 3 nitrogen and oxygen atoms in total. The first-order valence-electron chi connectivity index (χ1n) is 7.99. The zero-order valence-electron chi connectivity index (χ0n) is 13.6. The van der Waals surface area contributed by atoms with Crippen LogP contribution in [0.1, 0.15) is 22.6 Å². The largest absolute Gasteiger partial charge is 0.441 e. The van der Waals surface area contributed by atoms with Gasteiger partial charge in [-0.15, -0.1) is 0 Å². The fourth-order valence-corrected chi connectivity index (χ4v) is 2.57. The van der Waals surface area contributed by atoms with Crippen molar-refractivity contribution >= 4 is 12.4 Å². The molecule has 0 fully saturated rings. The first-order chi connectivity index (χ1) is 11.8. The Morgan fingerprint density at radius 3 is 2.46 bits per heavy atom. The van der Waals surface area contributed by atoms with Crippen LogP contribution in [-0.2, 0) is 17.6 Å². The first kappa shape index (κ1) is 15.9. The van der Waals surface area contributed by atoms with Crippen molar-refractivity contribution < 1.29 is 9.21 Å². The Labute approximate surface area is 141 Å². The van der Waals surface area contributed by atoms with Crippen LogP contribution >= 0.6 is 0 Å². The van der Waals surface area contributed by atoms with Gasteiger partial charge in [-0.05, 0) is 49.1 Å². The number of carbonyl (C=O) groups is 1. The van der Waals surface area contributed by atoms with Gasteiger partial charge in [0.1, 0.15) is 12.0 Å². The van der Waals surface area contributed by atoms with Gasteiger partial charge in [0.2, 0.25) is 5.89 Å². The number of hydrogen-bond donors (Lipinski definition) is 0. The van der Waals surface area contributed by atoms with Crippen LogP contribution in [0.4, 0.5) is 0 Å². The van der Waals surface area contributed by atoms with E-state index in [0.29, 0.717) is 5.89 Å². The van der Waals surface area contributed by atoms with E-state index < -0.39 is 0 Å². The summed E-state index contributed by atoms with van der Waals surface area (Å²) < 4.78 is 5.80. The molecular formula is C21H19NO2. The molecule has 1 heterocycles. The summed E-state index contributed by atoms with van der Waals surface area (Å²) in [6.07, 6.45) is 5.82. The molecule has 3 rings (SSSR count). The van der Waals surface area contributed by atoms with Gasteiger partial charge in [0.25, 0.3) is 0 Å². The minimum absolute atomic E-state index is 0.678. The molecule has 0 unspecified atom stereocenters. The third-order valence-corrected chi connectivity index (χ3v) is 3.91. The summed E-state index contributed by atoms with van der Waals surface area (Å²) in [4.78, 5) is 15.0. The molecule has 0 radical (unpaired) electrons. The molecule has 0 atom stereocenters. The number of aryl methyl sites for hydroxylation is 3. The van der Waals surface area contributed by atoms with Crippen molar-refractivity contribution in [1.82, 2.24) is 4.98 Å². The summed E-state index contributed by atoms with van der Waals surface area (Å²) in [6, 6.07) is 18.1. The SMILES string of the molecule is Cc1oc(-c2ccccc2)nc1CCc1ccc(C=CC=O)cc1. The van der Waals surface area contributed by atoms with Gasteiger partial charge in [0.05, 0.1) is 5.69 Å². The second-order valence-corrected chi connectivity index (χ2v) is 5.62. The molecule has 0 N–H and O–H groups in total. The van der Waals surface area contributed by atoms with Gasteiger partial charge in [-0.2, -0.15) is 0 Å². The van der Waals surface area contributed by atoms with Gasteiger partial charge >= 0.3 is 0 Å². The van der Waals surface area contributed by atoms with Crippen molar-refractivity contribution in [1.29, 1.82) is 0 Å². The molecule has 1 aromatic heterocycles. The van der Waals surface area contributed by atoms with Crippen LogP contribution in [0.5, 0.6) is 0 Å². The summed E-state index contributed by atoms with van der Waals surface area (Å²) >= 11 is 0. The van der Waals surface area contributed by atoms with Gasteiger partial charge in [0, 0.05) is 5.56 Å². The molecule has 3 aromatic rings. The van der Waals surface area contributed by atoms with E-state index in [0.717, 1.165) is 41.7 Å². The molecule has 0 bridgehead atoms. The van der Waals surface area contributed by atoms with Crippen LogP contribution in [0.3, 0.4) is 0 Å². The van der Waals surface area contributed by atoms with Crippen molar-refractivity contribution in [2.45, 2.75) is 19.8 Å². The number of allylic oxidation sites excluding steroid dienone is 1.